The van der Waals surface area contributed by atoms with Gasteiger partial charge in [-0.2, -0.15) is 0 Å². The lowest BCUT2D eigenvalue weighted by Gasteiger charge is -2.09. The highest BCUT2D eigenvalue weighted by atomic mass is 127. The molecule has 2 aliphatic rings. The third kappa shape index (κ3) is 3.92. The zero-order valence-corrected chi connectivity index (χ0v) is 15.6. The Morgan fingerprint density at radius 3 is 2.77 bits per heavy atom. The molecule has 0 amide bonds. The summed E-state index contributed by atoms with van der Waals surface area (Å²) in [5.74, 6) is 0.570. The largest absolute Gasteiger partial charge is 0.370 e. The number of nitrogens with zero attached hydrogens (tertiary/aromatic N) is 1. The van der Waals surface area contributed by atoms with Gasteiger partial charge in [-0.1, -0.05) is 6.07 Å². The first-order valence-electron chi connectivity index (χ1n) is 7.45. The van der Waals surface area contributed by atoms with E-state index in [1.54, 1.807) is 0 Å². The summed E-state index contributed by atoms with van der Waals surface area (Å²) in [6.45, 7) is 0.256. The highest BCUT2D eigenvalue weighted by Gasteiger charge is 2.30. The molecule has 1 aromatic carbocycles. The van der Waals surface area contributed by atoms with Crippen LogP contribution < -0.4 is 11.1 Å². The molecule has 3 N–H and O–H groups in total. The molecular weight excluding hydrogens is 413 g/mol. The zero-order chi connectivity index (χ0) is 14.9. The Balaban J connectivity index is 0.00000176. The first-order chi connectivity index (χ1) is 10.0. The van der Waals surface area contributed by atoms with Crippen molar-refractivity contribution < 1.29 is 8.42 Å². The molecule has 22 heavy (non-hydrogen) atoms. The van der Waals surface area contributed by atoms with E-state index in [0.717, 1.165) is 24.9 Å². The molecule has 5 nitrogen and oxygen atoms in total. The van der Waals surface area contributed by atoms with Gasteiger partial charge in [-0.3, -0.25) is 4.99 Å². The van der Waals surface area contributed by atoms with Crippen LogP contribution in [0, 0.1) is 0 Å². The number of aryl methyl sites for hydroxylation is 2. The zero-order valence-electron chi connectivity index (χ0n) is 12.4. The number of aliphatic imine (C=N–C) groups is 1. The Hall–Kier alpha value is -0.830. The molecule has 0 spiro atoms. The second kappa shape index (κ2) is 7.16. The second-order valence-corrected chi connectivity index (χ2v) is 8.22. The van der Waals surface area contributed by atoms with Gasteiger partial charge in [-0.25, -0.2) is 8.42 Å². The van der Waals surface area contributed by atoms with Gasteiger partial charge in [0.05, 0.1) is 17.5 Å². The Morgan fingerprint density at radius 1 is 1.27 bits per heavy atom. The number of halogens is 1. The van der Waals surface area contributed by atoms with Gasteiger partial charge in [0.25, 0.3) is 0 Å². The van der Waals surface area contributed by atoms with Gasteiger partial charge in [0, 0.05) is 5.69 Å². The molecule has 1 heterocycles. The van der Waals surface area contributed by atoms with Crippen molar-refractivity contribution in [2.75, 3.05) is 17.6 Å². The molecule has 0 aromatic heterocycles. The molecule has 3 rings (SSSR count). The normalized spacial score (nSPS) is 22.9. The van der Waals surface area contributed by atoms with Gasteiger partial charge in [0.2, 0.25) is 0 Å². The number of benzene rings is 1. The monoisotopic (exact) mass is 435 g/mol. The predicted molar refractivity (Wildman–Crippen MR) is 101 cm³/mol. The number of guanidine groups is 1. The first kappa shape index (κ1) is 17.5. The van der Waals surface area contributed by atoms with Gasteiger partial charge in [-0.15, -0.1) is 24.0 Å². The molecule has 0 bridgehead atoms. The summed E-state index contributed by atoms with van der Waals surface area (Å²) >= 11 is 0. The van der Waals surface area contributed by atoms with Crippen molar-refractivity contribution in [1.82, 2.24) is 0 Å². The molecule has 122 valence electrons. The molecule has 1 aliphatic heterocycles. The third-order valence-electron chi connectivity index (χ3n) is 4.30. The lowest BCUT2D eigenvalue weighted by atomic mass is 10.1. The van der Waals surface area contributed by atoms with Crippen molar-refractivity contribution >= 4 is 45.5 Å². The van der Waals surface area contributed by atoms with E-state index in [-0.39, 0.29) is 47.5 Å². The standard InChI is InChI=1S/C15H21N3O2S.HI/c16-15(17-10-14-5-2-8-21(14,19)20)18-13-7-6-11-3-1-4-12(11)9-13;/h6-7,9,14H,1-5,8,10H2,(H3,16,17,18);1H. The van der Waals surface area contributed by atoms with Crippen molar-refractivity contribution in [2.24, 2.45) is 10.7 Å². The average molecular weight is 435 g/mol. The van der Waals surface area contributed by atoms with Crippen LogP contribution in [0.1, 0.15) is 30.4 Å². The first-order valence-corrected chi connectivity index (χ1v) is 9.16. The Bertz CT molecular complexity index is 673. The number of hydrogen-bond acceptors (Lipinski definition) is 3. The highest BCUT2D eigenvalue weighted by Crippen LogP contribution is 2.25. The molecule has 0 radical (unpaired) electrons. The summed E-state index contributed by atoms with van der Waals surface area (Å²) in [7, 11) is -2.95. The summed E-state index contributed by atoms with van der Waals surface area (Å²) in [4.78, 5) is 4.19. The van der Waals surface area contributed by atoms with Crippen LogP contribution >= 0.6 is 24.0 Å². The number of nitrogens with one attached hydrogen (secondary N) is 1. The number of sulfone groups is 1. The highest BCUT2D eigenvalue weighted by molar-refractivity contribution is 14.0. The lowest BCUT2D eigenvalue weighted by molar-refractivity contribution is 0.590. The van der Waals surface area contributed by atoms with Gasteiger partial charge >= 0.3 is 0 Å². The van der Waals surface area contributed by atoms with E-state index in [2.05, 4.69) is 22.4 Å². The fraction of sp³-hybridized carbons (Fsp3) is 0.533. The fourth-order valence-corrected chi connectivity index (χ4v) is 4.83. The maximum absolute atomic E-state index is 11.7. The number of hydrogen-bond donors (Lipinski definition) is 2. The van der Waals surface area contributed by atoms with E-state index in [4.69, 9.17) is 5.73 Å². The van der Waals surface area contributed by atoms with E-state index < -0.39 is 9.84 Å². The molecule has 7 heteroatoms. The van der Waals surface area contributed by atoms with E-state index in [9.17, 15) is 8.42 Å². The van der Waals surface area contributed by atoms with Crippen LogP contribution in [-0.4, -0.2) is 31.9 Å². The topological polar surface area (TPSA) is 84.5 Å². The lowest BCUT2D eigenvalue weighted by Crippen LogP contribution is -2.26. The van der Waals surface area contributed by atoms with Crippen LogP contribution in [0.4, 0.5) is 5.69 Å². The van der Waals surface area contributed by atoms with Gasteiger partial charge in [0.1, 0.15) is 0 Å². The minimum absolute atomic E-state index is 0. The van der Waals surface area contributed by atoms with Gasteiger partial charge in [-0.05, 0) is 55.4 Å². The summed E-state index contributed by atoms with van der Waals surface area (Å²) in [6.07, 6.45) is 4.90. The molecule has 1 aliphatic carbocycles. The molecule has 1 unspecified atom stereocenters. The van der Waals surface area contributed by atoms with Crippen LogP contribution in [0.5, 0.6) is 0 Å². The van der Waals surface area contributed by atoms with Crippen LogP contribution in [0.2, 0.25) is 0 Å². The van der Waals surface area contributed by atoms with Crippen molar-refractivity contribution in [2.45, 2.75) is 37.4 Å². The van der Waals surface area contributed by atoms with E-state index in [1.807, 2.05) is 6.07 Å². The van der Waals surface area contributed by atoms with E-state index in [0.29, 0.717) is 6.42 Å². The quantitative estimate of drug-likeness (QED) is 0.433. The predicted octanol–water partition coefficient (Wildman–Crippen LogP) is 2.10. The minimum Gasteiger partial charge on any atom is -0.370 e. The summed E-state index contributed by atoms with van der Waals surface area (Å²) in [5, 5.41) is 2.69. The molecule has 0 saturated carbocycles. The molecule has 1 aromatic rings. The van der Waals surface area contributed by atoms with Crippen molar-refractivity contribution in [3.05, 3.63) is 29.3 Å². The Kier molecular flexibility index (Phi) is 5.70. The molecule has 1 atom stereocenters. The van der Waals surface area contributed by atoms with Crippen LogP contribution in [0.3, 0.4) is 0 Å². The van der Waals surface area contributed by atoms with Crippen molar-refractivity contribution in [3.63, 3.8) is 0 Å². The fourth-order valence-electron chi connectivity index (χ4n) is 3.10. The number of rotatable bonds is 3. The molecule has 1 saturated heterocycles. The van der Waals surface area contributed by atoms with Crippen molar-refractivity contribution in [3.8, 4) is 0 Å². The maximum atomic E-state index is 11.7. The number of fused-ring (bicyclic) bond motifs is 1. The molecular formula is C15H22IN3O2S. The van der Waals surface area contributed by atoms with Crippen molar-refractivity contribution in [1.29, 1.82) is 0 Å². The van der Waals surface area contributed by atoms with Crippen LogP contribution in [-0.2, 0) is 22.7 Å². The number of anilines is 1. The van der Waals surface area contributed by atoms with E-state index in [1.165, 1.54) is 17.5 Å². The summed E-state index contributed by atoms with van der Waals surface area (Å²) < 4.78 is 23.5. The molecule has 1 fully saturated rings. The van der Waals surface area contributed by atoms with Crippen LogP contribution in [0.15, 0.2) is 23.2 Å². The average Bonchev–Trinajstić information content (AvgIpc) is 3.01. The summed E-state index contributed by atoms with van der Waals surface area (Å²) in [6, 6.07) is 6.23. The SMILES string of the molecule is I.NC(=NCC1CCCS1(=O)=O)Nc1ccc2c(c1)CCC2. The van der Waals surface area contributed by atoms with E-state index >= 15 is 0 Å². The smallest absolute Gasteiger partial charge is 0.193 e. The Morgan fingerprint density at radius 2 is 2.05 bits per heavy atom. The third-order valence-corrected chi connectivity index (χ3v) is 6.56. The minimum atomic E-state index is -2.95. The van der Waals surface area contributed by atoms with Crippen LogP contribution in [0.25, 0.3) is 0 Å². The maximum Gasteiger partial charge on any atom is 0.193 e. The van der Waals surface area contributed by atoms with Gasteiger partial charge in [0.15, 0.2) is 15.8 Å². The second-order valence-electron chi connectivity index (χ2n) is 5.82. The summed E-state index contributed by atoms with van der Waals surface area (Å²) in [5.41, 5.74) is 9.56. The van der Waals surface area contributed by atoms with Gasteiger partial charge < -0.3 is 11.1 Å². The Labute approximate surface area is 148 Å². The number of nitrogens with two attached hydrogens (primary N) is 1.